The SMILES string of the molecule is Cc1ccc(S(=O)(=O)N(C)c2cccc(C#N)c2)c(C)c1. The van der Waals surface area contributed by atoms with Gasteiger partial charge in [-0.25, -0.2) is 8.42 Å². The van der Waals surface area contributed by atoms with E-state index in [4.69, 9.17) is 5.26 Å². The quantitative estimate of drug-likeness (QED) is 0.875. The van der Waals surface area contributed by atoms with Crippen molar-refractivity contribution < 1.29 is 8.42 Å². The lowest BCUT2D eigenvalue weighted by molar-refractivity contribution is 0.594. The van der Waals surface area contributed by atoms with Crippen LogP contribution in [-0.4, -0.2) is 15.5 Å². The molecule has 0 aliphatic heterocycles. The van der Waals surface area contributed by atoms with Gasteiger partial charge in [-0.3, -0.25) is 4.31 Å². The normalized spacial score (nSPS) is 11.0. The molecule has 0 N–H and O–H groups in total. The van der Waals surface area contributed by atoms with E-state index in [0.717, 1.165) is 5.56 Å². The van der Waals surface area contributed by atoms with E-state index in [2.05, 4.69) is 0 Å². The van der Waals surface area contributed by atoms with Gasteiger partial charge in [0.15, 0.2) is 0 Å². The van der Waals surface area contributed by atoms with Crippen molar-refractivity contribution in [3.63, 3.8) is 0 Å². The Labute approximate surface area is 125 Å². The molecule has 0 unspecified atom stereocenters. The molecule has 0 saturated heterocycles. The molecule has 0 bridgehead atoms. The van der Waals surface area contributed by atoms with Gasteiger partial charge in [-0.2, -0.15) is 5.26 Å². The summed E-state index contributed by atoms with van der Waals surface area (Å²) >= 11 is 0. The van der Waals surface area contributed by atoms with Crippen LogP contribution in [0.15, 0.2) is 47.4 Å². The summed E-state index contributed by atoms with van der Waals surface area (Å²) in [6.07, 6.45) is 0. The first-order chi connectivity index (χ1) is 9.86. The highest BCUT2D eigenvalue weighted by Crippen LogP contribution is 2.25. The number of hydrogen-bond donors (Lipinski definition) is 0. The second-order valence-corrected chi connectivity index (χ2v) is 6.84. The molecular formula is C16H16N2O2S. The third-order valence-electron chi connectivity index (χ3n) is 3.31. The minimum absolute atomic E-state index is 0.276. The van der Waals surface area contributed by atoms with E-state index in [1.807, 2.05) is 19.1 Å². The molecule has 0 aromatic heterocycles. The highest BCUT2D eigenvalue weighted by molar-refractivity contribution is 7.92. The summed E-state index contributed by atoms with van der Waals surface area (Å²) < 4.78 is 26.6. The molecule has 0 saturated carbocycles. The van der Waals surface area contributed by atoms with E-state index in [0.29, 0.717) is 16.8 Å². The smallest absolute Gasteiger partial charge is 0.264 e. The lowest BCUT2D eigenvalue weighted by Crippen LogP contribution is -2.27. The van der Waals surface area contributed by atoms with Crippen molar-refractivity contribution in [2.75, 3.05) is 11.4 Å². The Morgan fingerprint density at radius 3 is 2.43 bits per heavy atom. The number of rotatable bonds is 3. The zero-order chi connectivity index (χ0) is 15.6. The van der Waals surface area contributed by atoms with Crippen LogP contribution in [0.4, 0.5) is 5.69 Å². The van der Waals surface area contributed by atoms with Crippen molar-refractivity contribution in [2.45, 2.75) is 18.7 Å². The van der Waals surface area contributed by atoms with Crippen LogP contribution >= 0.6 is 0 Å². The Hall–Kier alpha value is -2.32. The Balaban J connectivity index is 2.50. The number of hydrogen-bond acceptors (Lipinski definition) is 3. The minimum atomic E-state index is -3.64. The van der Waals surface area contributed by atoms with E-state index in [9.17, 15) is 8.42 Å². The van der Waals surface area contributed by atoms with Gasteiger partial charge in [-0.15, -0.1) is 0 Å². The third kappa shape index (κ3) is 2.91. The summed E-state index contributed by atoms with van der Waals surface area (Å²) in [6, 6.07) is 13.8. The predicted octanol–water partition coefficient (Wildman–Crippen LogP) is 3.00. The summed E-state index contributed by atoms with van der Waals surface area (Å²) in [7, 11) is -2.15. The third-order valence-corrected chi connectivity index (χ3v) is 5.25. The Kier molecular flexibility index (Phi) is 4.01. The first-order valence-corrected chi connectivity index (χ1v) is 7.86. The van der Waals surface area contributed by atoms with Gasteiger partial charge in [0.2, 0.25) is 0 Å². The summed E-state index contributed by atoms with van der Waals surface area (Å²) in [5, 5.41) is 8.92. The summed E-state index contributed by atoms with van der Waals surface area (Å²) in [4.78, 5) is 0.276. The molecule has 2 rings (SSSR count). The first-order valence-electron chi connectivity index (χ1n) is 6.42. The van der Waals surface area contributed by atoms with Gasteiger partial charge in [-0.1, -0.05) is 23.8 Å². The fraction of sp³-hybridized carbons (Fsp3) is 0.188. The van der Waals surface area contributed by atoms with Crippen LogP contribution in [0.25, 0.3) is 0 Å². The molecule has 4 nitrogen and oxygen atoms in total. The molecule has 0 atom stereocenters. The molecule has 2 aromatic rings. The van der Waals surface area contributed by atoms with Crippen molar-refractivity contribution in [1.82, 2.24) is 0 Å². The molecule has 0 amide bonds. The maximum absolute atomic E-state index is 12.7. The van der Waals surface area contributed by atoms with Crippen LogP contribution in [0.3, 0.4) is 0 Å². The molecule has 0 fully saturated rings. The predicted molar refractivity (Wildman–Crippen MR) is 82.7 cm³/mol. The van der Waals surface area contributed by atoms with E-state index < -0.39 is 10.0 Å². The maximum atomic E-state index is 12.7. The van der Waals surface area contributed by atoms with Gasteiger partial charge in [0, 0.05) is 7.05 Å². The summed E-state index contributed by atoms with van der Waals surface area (Å²) in [6.45, 7) is 3.70. The van der Waals surface area contributed by atoms with E-state index in [1.54, 1.807) is 43.3 Å². The fourth-order valence-corrected chi connectivity index (χ4v) is 3.54. The van der Waals surface area contributed by atoms with Crippen LogP contribution in [0, 0.1) is 25.2 Å². The lowest BCUT2D eigenvalue weighted by Gasteiger charge is -2.21. The van der Waals surface area contributed by atoms with E-state index in [-0.39, 0.29) is 4.90 Å². The van der Waals surface area contributed by atoms with Crippen LogP contribution < -0.4 is 4.31 Å². The average Bonchev–Trinajstić information content (AvgIpc) is 2.46. The standard InChI is InChI=1S/C16H16N2O2S/c1-12-7-8-16(13(2)9-12)21(19,20)18(3)15-6-4-5-14(10-15)11-17/h4-10H,1-3H3. The molecule has 108 valence electrons. The average molecular weight is 300 g/mol. The molecular weight excluding hydrogens is 284 g/mol. The number of aryl methyl sites for hydroxylation is 2. The van der Waals surface area contributed by atoms with Crippen molar-refractivity contribution >= 4 is 15.7 Å². The van der Waals surface area contributed by atoms with Crippen LogP contribution in [0.1, 0.15) is 16.7 Å². The molecule has 0 radical (unpaired) electrons. The van der Waals surface area contributed by atoms with Crippen molar-refractivity contribution in [1.29, 1.82) is 5.26 Å². The number of benzene rings is 2. The van der Waals surface area contributed by atoms with Gasteiger partial charge in [0.1, 0.15) is 0 Å². The van der Waals surface area contributed by atoms with E-state index >= 15 is 0 Å². The zero-order valence-corrected chi connectivity index (χ0v) is 13.0. The van der Waals surface area contributed by atoms with Gasteiger partial charge < -0.3 is 0 Å². The first kappa shape index (κ1) is 15.1. The number of sulfonamides is 1. The Morgan fingerprint density at radius 2 is 1.81 bits per heavy atom. The zero-order valence-electron chi connectivity index (χ0n) is 12.2. The molecule has 0 heterocycles. The fourth-order valence-electron chi connectivity index (χ4n) is 2.15. The molecule has 2 aromatic carbocycles. The van der Waals surface area contributed by atoms with Crippen LogP contribution in [-0.2, 0) is 10.0 Å². The molecule has 0 spiro atoms. The number of anilines is 1. The van der Waals surface area contributed by atoms with E-state index in [1.165, 1.54) is 11.4 Å². The molecule has 0 aliphatic carbocycles. The van der Waals surface area contributed by atoms with Gasteiger partial charge in [0.05, 0.1) is 22.2 Å². The maximum Gasteiger partial charge on any atom is 0.264 e. The van der Waals surface area contributed by atoms with Gasteiger partial charge in [0.25, 0.3) is 10.0 Å². The molecule has 5 heteroatoms. The largest absolute Gasteiger partial charge is 0.269 e. The van der Waals surface area contributed by atoms with Gasteiger partial charge in [-0.05, 0) is 43.7 Å². The second kappa shape index (κ2) is 5.58. The van der Waals surface area contributed by atoms with Crippen molar-refractivity contribution in [3.8, 4) is 6.07 Å². The second-order valence-electron chi connectivity index (χ2n) is 4.90. The number of nitriles is 1. The molecule has 21 heavy (non-hydrogen) atoms. The lowest BCUT2D eigenvalue weighted by atomic mass is 10.2. The Bertz CT molecular complexity index is 820. The van der Waals surface area contributed by atoms with Gasteiger partial charge >= 0.3 is 0 Å². The topological polar surface area (TPSA) is 61.2 Å². The van der Waals surface area contributed by atoms with Crippen LogP contribution in [0.2, 0.25) is 0 Å². The highest BCUT2D eigenvalue weighted by atomic mass is 32.2. The minimum Gasteiger partial charge on any atom is -0.269 e. The highest BCUT2D eigenvalue weighted by Gasteiger charge is 2.23. The van der Waals surface area contributed by atoms with Crippen LogP contribution in [0.5, 0.6) is 0 Å². The monoisotopic (exact) mass is 300 g/mol. The van der Waals surface area contributed by atoms with Crippen molar-refractivity contribution in [3.05, 3.63) is 59.2 Å². The summed E-state index contributed by atoms with van der Waals surface area (Å²) in [5.41, 5.74) is 2.61. The number of nitrogens with zero attached hydrogens (tertiary/aromatic N) is 2. The summed E-state index contributed by atoms with van der Waals surface area (Å²) in [5.74, 6) is 0. The Morgan fingerprint density at radius 1 is 1.10 bits per heavy atom. The van der Waals surface area contributed by atoms with Crippen molar-refractivity contribution in [2.24, 2.45) is 0 Å². The molecule has 0 aliphatic rings.